The summed E-state index contributed by atoms with van der Waals surface area (Å²) in [6, 6.07) is 14.3. The Hall–Kier alpha value is -2.31. The number of hydrogen-bond acceptors (Lipinski definition) is 6. The molecule has 0 N–H and O–H groups in total. The fourth-order valence-electron chi connectivity index (χ4n) is 2.04. The molecule has 2 aromatic carbocycles. The van der Waals surface area contributed by atoms with E-state index in [0.717, 1.165) is 10.5 Å². The van der Waals surface area contributed by atoms with E-state index >= 15 is 0 Å². The zero-order valence-corrected chi connectivity index (χ0v) is 14.3. The predicted molar refractivity (Wildman–Crippen MR) is 92.1 cm³/mol. The van der Waals surface area contributed by atoms with Crippen LogP contribution in [0.3, 0.4) is 0 Å². The Bertz CT molecular complexity index is 849. The minimum Gasteiger partial charge on any atom is -0.452 e. The van der Waals surface area contributed by atoms with Crippen molar-refractivity contribution < 1.29 is 13.9 Å². The van der Waals surface area contributed by atoms with E-state index in [2.05, 4.69) is 10.2 Å². The van der Waals surface area contributed by atoms with Crippen molar-refractivity contribution in [2.45, 2.75) is 11.5 Å². The van der Waals surface area contributed by atoms with Crippen molar-refractivity contribution in [2.24, 2.45) is 0 Å². The van der Waals surface area contributed by atoms with Gasteiger partial charge in [-0.15, -0.1) is 22.0 Å². The molecule has 0 bridgehead atoms. The number of aromatic nitrogens is 2. The van der Waals surface area contributed by atoms with Crippen molar-refractivity contribution in [3.63, 3.8) is 0 Å². The quantitative estimate of drug-likeness (QED) is 0.494. The molecule has 122 valence electrons. The lowest BCUT2D eigenvalue weighted by Gasteiger charge is -2.06. The molecule has 0 unspecified atom stereocenters. The molecule has 5 nitrogen and oxygen atoms in total. The van der Waals surface area contributed by atoms with Crippen molar-refractivity contribution in [2.75, 3.05) is 6.26 Å². The lowest BCUT2D eigenvalue weighted by Crippen LogP contribution is -2.06. The SMILES string of the molecule is CSc1ccccc1C(=O)OCc1nnc(-c2ccc(Cl)cc2)o1. The van der Waals surface area contributed by atoms with Crippen LogP contribution in [0.25, 0.3) is 11.5 Å². The number of esters is 1. The topological polar surface area (TPSA) is 65.2 Å². The number of halogens is 1. The van der Waals surface area contributed by atoms with Crippen LogP contribution in [0.2, 0.25) is 5.02 Å². The first-order valence-electron chi connectivity index (χ1n) is 7.06. The van der Waals surface area contributed by atoms with Gasteiger partial charge in [0.25, 0.3) is 5.89 Å². The number of thioether (sulfide) groups is 1. The Morgan fingerprint density at radius 2 is 1.92 bits per heavy atom. The summed E-state index contributed by atoms with van der Waals surface area (Å²) in [6.07, 6.45) is 1.91. The fourth-order valence-corrected chi connectivity index (χ4v) is 2.75. The summed E-state index contributed by atoms with van der Waals surface area (Å²) in [5.41, 5.74) is 1.26. The first-order chi connectivity index (χ1) is 11.7. The van der Waals surface area contributed by atoms with Crippen molar-refractivity contribution in [3.05, 3.63) is 65.0 Å². The fraction of sp³-hybridized carbons (Fsp3) is 0.118. The van der Waals surface area contributed by atoms with Gasteiger partial charge in [0.05, 0.1) is 5.56 Å². The number of carbonyl (C=O) groups excluding carboxylic acids is 1. The van der Waals surface area contributed by atoms with E-state index in [1.54, 1.807) is 36.4 Å². The second kappa shape index (κ2) is 7.51. The lowest BCUT2D eigenvalue weighted by molar-refractivity contribution is 0.0434. The third kappa shape index (κ3) is 3.77. The predicted octanol–water partition coefficient (Wildman–Crippen LogP) is 4.47. The van der Waals surface area contributed by atoms with Gasteiger partial charge in [-0.3, -0.25) is 0 Å². The molecule has 0 saturated carbocycles. The van der Waals surface area contributed by atoms with E-state index in [1.165, 1.54) is 11.8 Å². The van der Waals surface area contributed by atoms with Gasteiger partial charge in [-0.2, -0.15) is 0 Å². The Morgan fingerprint density at radius 3 is 2.67 bits per heavy atom. The van der Waals surface area contributed by atoms with Gasteiger partial charge in [-0.25, -0.2) is 4.79 Å². The Labute approximate surface area is 148 Å². The van der Waals surface area contributed by atoms with Crippen LogP contribution in [0, 0.1) is 0 Å². The Morgan fingerprint density at radius 1 is 1.17 bits per heavy atom. The molecule has 3 aromatic rings. The van der Waals surface area contributed by atoms with Gasteiger partial charge in [-0.05, 0) is 42.7 Å². The van der Waals surface area contributed by atoms with Crippen LogP contribution < -0.4 is 0 Å². The molecule has 0 amide bonds. The maximum Gasteiger partial charge on any atom is 0.339 e. The number of benzene rings is 2. The van der Waals surface area contributed by atoms with Crippen LogP contribution >= 0.6 is 23.4 Å². The summed E-state index contributed by atoms with van der Waals surface area (Å²) in [5.74, 6) is 0.156. The maximum absolute atomic E-state index is 12.2. The minimum absolute atomic E-state index is 0.0812. The zero-order chi connectivity index (χ0) is 16.9. The van der Waals surface area contributed by atoms with E-state index < -0.39 is 5.97 Å². The van der Waals surface area contributed by atoms with Gasteiger partial charge in [0, 0.05) is 15.5 Å². The molecule has 0 saturated heterocycles. The van der Waals surface area contributed by atoms with Gasteiger partial charge < -0.3 is 9.15 Å². The molecular weight excluding hydrogens is 348 g/mol. The van der Waals surface area contributed by atoms with Crippen LogP contribution in [-0.2, 0) is 11.3 Å². The van der Waals surface area contributed by atoms with E-state index in [1.807, 2.05) is 18.4 Å². The Kier molecular flexibility index (Phi) is 5.17. The summed E-state index contributed by atoms with van der Waals surface area (Å²) < 4.78 is 10.8. The monoisotopic (exact) mass is 360 g/mol. The largest absolute Gasteiger partial charge is 0.452 e. The number of rotatable bonds is 5. The highest BCUT2D eigenvalue weighted by Crippen LogP contribution is 2.22. The van der Waals surface area contributed by atoms with Crippen LogP contribution in [0.1, 0.15) is 16.2 Å². The average molecular weight is 361 g/mol. The number of ether oxygens (including phenoxy) is 1. The standard InChI is InChI=1S/C17H13ClN2O3S/c1-24-14-5-3-2-4-13(14)17(21)22-10-15-19-20-16(23-15)11-6-8-12(18)9-7-11/h2-9H,10H2,1H3. The third-order valence-corrected chi connectivity index (χ3v) is 4.26. The second-order valence-corrected chi connectivity index (χ2v) is 6.07. The maximum atomic E-state index is 12.2. The minimum atomic E-state index is -0.425. The smallest absolute Gasteiger partial charge is 0.339 e. The highest BCUT2D eigenvalue weighted by Gasteiger charge is 2.14. The van der Waals surface area contributed by atoms with Gasteiger partial charge >= 0.3 is 5.97 Å². The van der Waals surface area contributed by atoms with E-state index in [4.69, 9.17) is 20.8 Å². The number of nitrogens with zero attached hydrogens (tertiary/aromatic N) is 2. The van der Waals surface area contributed by atoms with Crippen molar-refractivity contribution in [1.29, 1.82) is 0 Å². The summed E-state index contributed by atoms with van der Waals surface area (Å²) in [7, 11) is 0. The highest BCUT2D eigenvalue weighted by molar-refractivity contribution is 7.98. The molecule has 1 heterocycles. The van der Waals surface area contributed by atoms with Gasteiger partial charge in [-0.1, -0.05) is 23.7 Å². The number of carbonyl (C=O) groups is 1. The van der Waals surface area contributed by atoms with Crippen LogP contribution in [0.5, 0.6) is 0 Å². The molecule has 7 heteroatoms. The molecule has 0 aliphatic carbocycles. The number of hydrogen-bond donors (Lipinski definition) is 0. The molecule has 1 aromatic heterocycles. The summed E-state index contributed by atoms with van der Waals surface area (Å²) in [5, 5.41) is 8.46. The van der Waals surface area contributed by atoms with Crippen molar-refractivity contribution in [3.8, 4) is 11.5 Å². The molecule has 0 aliphatic rings. The molecule has 0 atom stereocenters. The molecule has 0 spiro atoms. The first-order valence-corrected chi connectivity index (χ1v) is 8.66. The van der Waals surface area contributed by atoms with Crippen LogP contribution in [0.4, 0.5) is 0 Å². The van der Waals surface area contributed by atoms with E-state index in [0.29, 0.717) is 16.5 Å². The lowest BCUT2D eigenvalue weighted by atomic mass is 10.2. The van der Waals surface area contributed by atoms with E-state index in [-0.39, 0.29) is 12.5 Å². The van der Waals surface area contributed by atoms with Gasteiger partial charge in [0.2, 0.25) is 5.89 Å². The van der Waals surface area contributed by atoms with Crippen LogP contribution in [0.15, 0.2) is 57.8 Å². The molecule has 0 radical (unpaired) electrons. The molecular formula is C17H13ClN2O3S. The van der Waals surface area contributed by atoms with Gasteiger partial charge in [0.15, 0.2) is 6.61 Å². The highest BCUT2D eigenvalue weighted by atomic mass is 35.5. The Balaban J connectivity index is 1.67. The van der Waals surface area contributed by atoms with Crippen molar-refractivity contribution in [1.82, 2.24) is 10.2 Å². The van der Waals surface area contributed by atoms with Crippen molar-refractivity contribution >= 4 is 29.3 Å². The first kappa shape index (κ1) is 16.5. The average Bonchev–Trinajstić information content (AvgIpc) is 3.09. The normalized spacial score (nSPS) is 10.6. The third-order valence-electron chi connectivity index (χ3n) is 3.21. The molecule has 24 heavy (non-hydrogen) atoms. The summed E-state index contributed by atoms with van der Waals surface area (Å²) >= 11 is 7.33. The molecule has 0 fully saturated rings. The van der Waals surface area contributed by atoms with Gasteiger partial charge in [0.1, 0.15) is 0 Å². The molecule has 0 aliphatic heterocycles. The van der Waals surface area contributed by atoms with E-state index in [9.17, 15) is 4.79 Å². The van der Waals surface area contributed by atoms with Crippen LogP contribution in [-0.4, -0.2) is 22.4 Å². The second-order valence-electron chi connectivity index (χ2n) is 4.78. The summed E-state index contributed by atoms with van der Waals surface area (Å²) in [4.78, 5) is 13.0. The zero-order valence-electron chi connectivity index (χ0n) is 12.7. The molecule has 3 rings (SSSR count). The summed E-state index contributed by atoms with van der Waals surface area (Å²) in [6.45, 7) is -0.0812.